The van der Waals surface area contributed by atoms with Gasteiger partial charge in [-0.3, -0.25) is 9.69 Å². The first kappa shape index (κ1) is 17.0. The Bertz CT molecular complexity index is 676. The van der Waals surface area contributed by atoms with Gasteiger partial charge in [0.05, 0.1) is 12.6 Å². The number of hydrogen-bond acceptors (Lipinski definition) is 3. The van der Waals surface area contributed by atoms with Gasteiger partial charge in [0.2, 0.25) is 5.91 Å². The molecule has 0 saturated carbocycles. The molecule has 24 heavy (non-hydrogen) atoms. The van der Waals surface area contributed by atoms with Gasteiger partial charge in [-0.05, 0) is 23.3 Å². The molecule has 1 saturated heterocycles. The number of hydrogen-bond donors (Lipinski definition) is 1. The first-order valence-electron chi connectivity index (χ1n) is 8.07. The minimum atomic E-state index is -0.549. The first-order chi connectivity index (χ1) is 11.6. The zero-order valence-corrected chi connectivity index (χ0v) is 14.2. The number of aliphatic hydroxyl groups excluding tert-OH is 1. The van der Waals surface area contributed by atoms with Crippen molar-refractivity contribution >= 4 is 17.5 Å². The summed E-state index contributed by atoms with van der Waals surface area (Å²) in [5.74, 6) is 0.0457. The van der Waals surface area contributed by atoms with Crippen LogP contribution in [0, 0.1) is 0 Å². The van der Waals surface area contributed by atoms with Gasteiger partial charge in [-0.2, -0.15) is 0 Å². The molecule has 4 nitrogen and oxygen atoms in total. The monoisotopic (exact) mass is 344 g/mol. The van der Waals surface area contributed by atoms with Crippen LogP contribution in [0.4, 0.5) is 0 Å². The number of halogens is 1. The van der Waals surface area contributed by atoms with E-state index >= 15 is 0 Å². The van der Waals surface area contributed by atoms with E-state index in [4.69, 9.17) is 11.6 Å². The fraction of sp³-hybridized carbons (Fsp3) is 0.316. The van der Waals surface area contributed by atoms with Crippen molar-refractivity contribution in [3.8, 4) is 0 Å². The topological polar surface area (TPSA) is 43.8 Å². The maximum Gasteiger partial charge on any atom is 0.237 e. The van der Waals surface area contributed by atoms with Gasteiger partial charge < -0.3 is 10.0 Å². The van der Waals surface area contributed by atoms with E-state index in [9.17, 15) is 9.90 Å². The molecule has 0 aliphatic carbocycles. The fourth-order valence-corrected chi connectivity index (χ4v) is 3.12. The van der Waals surface area contributed by atoms with Gasteiger partial charge in [-0.25, -0.2) is 0 Å². The highest BCUT2D eigenvalue weighted by molar-refractivity contribution is 6.30. The van der Waals surface area contributed by atoms with Crippen molar-refractivity contribution in [1.29, 1.82) is 0 Å². The summed E-state index contributed by atoms with van der Waals surface area (Å²) in [6.07, 6.45) is -0.549. The number of benzene rings is 2. The molecule has 2 aromatic carbocycles. The van der Waals surface area contributed by atoms with Crippen LogP contribution in [0.2, 0.25) is 5.02 Å². The van der Waals surface area contributed by atoms with Crippen molar-refractivity contribution in [3.05, 3.63) is 70.7 Å². The zero-order valence-electron chi connectivity index (χ0n) is 13.4. The third-order valence-electron chi connectivity index (χ3n) is 4.15. The largest absolute Gasteiger partial charge is 0.390 e. The predicted molar refractivity (Wildman–Crippen MR) is 94.6 cm³/mol. The summed E-state index contributed by atoms with van der Waals surface area (Å²) < 4.78 is 0. The van der Waals surface area contributed by atoms with E-state index in [0.717, 1.165) is 11.1 Å². The highest BCUT2D eigenvalue weighted by Crippen LogP contribution is 2.15. The van der Waals surface area contributed by atoms with Crippen LogP contribution in [0.5, 0.6) is 0 Å². The van der Waals surface area contributed by atoms with Gasteiger partial charge in [0.25, 0.3) is 0 Å². The average molecular weight is 345 g/mol. The maximum atomic E-state index is 12.6. The second kappa shape index (κ2) is 7.79. The second-order valence-electron chi connectivity index (χ2n) is 6.21. The molecule has 0 aromatic heterocycles. The Kier molecular flexibility index (Phi) is 5.51. The summed E-state index contributed by atoms with van der Waals surface area (Å²) in [5.41, 5.74) is 2.15. The Balaban J connectivity index is 1.66. The van der Waals surface area contributed by atoms with Crippen LogP contribution in [0.15, 0.2) is 54.6 Å². The van der Waals surface area contributed by atoms with E-state index < -0.39 is 6.10 Å². The summed E-state index contributed by atoms with van der Waals surface area (Å²) >= 11 is 5.91. The van der Waals surface area contributed by atoms with E-state index in [-0.39, 0.29) is 5.91 Å². The Labute approximate surface area is 147 Å². The molecule has 0 radical (unpaired) electrons. The van der Waals surface area contributed by atoms with E-state index in [0.29, 0.717) is 37.7 Å². The molecule has 126 valence electrons. The lowest BCUT2D eigenvalue weighted by Gasteiger charge is -2.22. The molecule has 1 unspecified atom stereocenters. The Morgan fingerprint density at radius 2 is 1.62 bits per heavy atom. The van der Waals surface area contributed by atoms with Gasteiger partial charge in [-0.15, -0.1) is 0 Å². The molecular weight excluding hydrogens is 324 g/mol. The number of carbonyl (C=O) groups excluding carboxylic acids is 1. The van der Waals surface area contributed by atoms with E-state index in [2.05, 4.69) is 0 Å². The lowest BCUT2D eigenvalue weighted by Crippen LogP contribution is -2.36. The number of nitrogens with zero attached hydrogens (tertiary/aromatic N) is 2. The molecule has 5 heteroatoms. The number of rotatable bonds is 4. The van der Waals surface area contributed by atoms with E-state index in [1.807, 2.05) is 59.5 Å². The lowest BCUT2D eigenvalue weighted by molar-refractivity contribution is -0.132. The van der Waals surface area contributed by atoms with Crippen LogP contribution < -0.4 is 0 Å². The number of carbonyl (C=O) groups is 1. The molecule has 2 aromatic rings. The third kappa shape index (κ3) is 4.57. The minimum Gasteiger partial charge on any atom is -0.390 e. The quantitative estimate of drug-likeness (QED) is 0.927. The first-order valence-corrected chi connectivity index (χ1v) is 8.44. The van der Waals surface area contributed by atoms with Crippen molar-refractivity contribution < 1.29 is 9.90 Å². The van der Waals surface area contributed by atoms with Crippen molar-refractivity contribution in [1.82, 2.24) is 9.80 Å². The van der Waals surface area contributed by atoms with Crippen LogP contribution in [0.1, 0.15) is 11.1 Å². The second-order valence-corrected chi connectivity index (χ2v) is 6.65. The van der Waals surface area contributed by atoms with E-state index in [1.165, 1.54) is 0 Å². The molecule has 1 aliphatic rings. The van der Waals surface area contributed by atoms with Gasteiger partial charge in [-0.1, -0.05) is 54.1 Å². The summed E-state index contributed by atoms with van der Waals surface area (Å²) in [7, 11) is 0. The Hall–Kier alpha value is -1.88. The number of aliphatic hydroxyl groups is 1. The highest BCUT2D eigenvalue weighted by atomic mass is 35.5. The number of β-amino-alcohol motifs (C(OH)–C–C–N with tert-alkyl or cyclic N) is 1. The molecule has 0 bridgehead atoms. The molecule has 1 N–H and O–H groups in total. The Morgan fingerprint density at radius 3 is 2.33 bits per heavy atom. The van der Waals surface area contributed by atoms with Crippen LogP contribution in [-0.2, 0) is 17.9 Å². The van der Waals surface area contributed by atoms with E-state index in [1.54, 1.807) is 4.90 Å². The SMILES string of the molecule is O=C1CN(Cc2ccc(Cl)cc2)CC(O)CN1Cc1ccccc1. The third-order valence-corrected chi connectivity index (χ3v) is 4.40. The fourth-order valence-electron chi connectivity index (χ4n) is 2.99. The summed E-state index contributed by atoms with van der Waals surface area (Å²) in [4.78, 5) is 16.3. The number of amides is 1. The molecule has 1 amide bonds. The molecular formula is C19H21ClN2O2. The molecule has 1 aliphatic heterocycles. The summed E-state index contributed by atoms with van der Waals surface area (Å²) in [5, 5.41) is 11.0. The van der Waals surface area contributed by atoms with Crippen molar-refractivity contribution in [3.63, 3.8) is 0 Å². The highest BCUT2D eigenvalue weighted by Gasteiger charge is 2.26. The Morgan fingerprint density at radius 1 is 0.958 bits per heavy atom. The molecule has 1 heterocycles. The predicted octanol–water partition coefficient (Wildman–Crippen LogP) is 2.55. The minimum absolute atomic E-state index is 0.0457. The maximum absolute atomic E-state index is 12.6. The van der Waals surface area contributed by atoms with Gasteiger partial charge in [0.1, 0.15) is 0 Å². The van der Waals surface area contributed by atoms with Gasteiger partial charge in [0, 0.05) is 31.2 Å². The zero-order chi connectivity index (χ0) is 16.9. The van der Waals surface area contributed by atoms with Crippen molar-refractivity contribution in [2.45, 2.75) is 19.2 Å². The summed E-state index contributed by atoms with van der Waals surface area (Å²) in [6, 6.07) is 17.4. The van der Waals surface area contributed by atoms with Crippen LogP contribution in [-0.4, -0.2) is 46.6 Å². The van der Waals surface area contributed by atoms with Crippen LogP contribution in [0.3, 0.4) is 0 Å². The molecule has 1 atom stereocenters. The molecule has 0 spiro atoms. The van der Waals surface area contributed by atoms with Crippen molar-refractivity contribution in [2.24, 2.45) is 0 Å². The molecule has 1 fully saturated rings. The van der Waals surface area contributed by atoms with Crippen LogP contribution >= 0.6 is 11.6 Å². The summed E-state index contributed by atoms with van der Waals surface area (Å²) in [6.45, 7) is 2.32. The smallest absolute Gasteiger partial charge is 0.237 e. The van der Waals surface area contributed by atoms with Crippen LogP contribution in [0.25, 0.3) is 0 Å². The lowest BCUT2D eigenvalue weighted by atomic mass is 10.2. The van der Waals surface area contributed by atoms with Crippen molar-refractivity contribution in [2.75, 3.05) is 19.6 Å². The molecule has 3 rings (SSSR count). The average Bonchev–Trinajstić information content (AvgIpc) is 2.69. The van der Waals surface area contributed by atoms with Gasteiger partial charge in [0.15, 0.2) is 0 Å². The standard InChI is InChI=1S/C19H21ClN2O2/c20-17-8-6-16(7-9-17)10-21-12-18(23)13-22(19(24)14-21)11-15-4-2-1-3-5-15/h1-9,18,23H,10-14H2. The normalized spacial score (nSPS) is 19.3. The van der Waals surface area contributed by atoms with Gasteiger partial charge >= 0.3 is 0 Å².